The van der Waals surface area contributed by atoms with Gasteiger partial charge in [0.2, 0.25) is 0 Å². The van der Waals surface area contributed by atoms with Gasteiger partial charge < -0.3 is 5.11 Å². The smallest absolute Gasteiger partial charge is 0.364 e. The number of H-pyrrole nitrogens is 1. The van der Waals surface area contributed by atoms with E-state index in [2.05, 4.69) is 22.7 Å². The highest BCUT2D eigenvalue weighted by molar-refractivity contribution is 8.01. The van der Waals surface area contributed by atoms with Crippen molar-refractivity contribution in [3.8, 4) is 0 Å². The predicted octanol–water partition coefficient (Wildman–Crippen LogP) is 0.524. The summed E-state index contributed by atoms with van der Waals surface area (Å²) in [7, 11) is -4.74. The van der Waals surface area contributed by atoms with Crippen LogP contribution in [0.4, 0.5) is 4.79 Å². The number of benzene rings is 1. The molecule has 12 heteroatoms. The normalized spacial score (nSPS) is 14.3. The molecule has 3 rings (SSSR count). The van der Waals surface area contributed by atoms with Gasteiger partial charge in [-0.25, -0.2) is 9.59 Å². The van der Waals surface area contributed by atoms with Crippen LogP contribution in [0.15, 0.2) is 34.2 Å². The first-order chi connectivity index (χ1) is 11.7. The van der Waals surface area contributed by atoms with Crippen molar-refractivity contribution in [3.63, 3.8) is 0 Å². The van der Waals surface area contributed by atoms with Crippen molar-refractivity contribution in [3.05, 3.63) is 46.1 Å². The van der Waals surface area contributed by atoms with E-state index in [0.29, 0.717) is 5.56 Å². The molecule has 1 heterocycles. The Morgan fingerprint density at radius 3 is 2.52 bits per heavy atom. The fourth-order valence-corrected chi connectivity index (χ4v) is 4.19. The molecule has 0 spiro atoms. The summed E-state index contributed by atoms with van der Waals surface area (Å²) in [6, 6.07) is 3.91. The van der Waals surface area contributed by atoms with Crippen LogP contribution in [-0.2, 0) is 10.0 Å². The summed E-state index contributed by atoms with van der Waals surface area (Å²) < 4.78 is 25.9. The van der Waals surface area contributed by atoms with E-state index in [1.54, 1.807) is 0 Å². The molecule has 1 amide bonds. The summed E-state index contributed by atoms with van der Waals surface area (Å²) in [4.78, 5) is 36.6. The zero-order chi connectivity index (χ0) is 18.4. The largest absolute Gasteiger partial charge is 0.478 e. The van der Waals surface area contributed by atoms with Gasteiger partial charge in [0.15, 0.2) is 0 Å². The quantitative estimate of drug-likeness (QED) is 0.638. The zero-order valence-electron chi connectivity index (χ0n) is 12.5. The minimum Gasteiger partial charge on any atom is -0.478 e. The van der Waals surface area contributed by atoms with Crippen LogP contribution < -0.4 is 10.1 Å². The molecule has 2 N–H and O–H groups in total. The molecule has 1 saturated carbocycles. The second-order valence-corrected chi connectivity index (χ2v) is 7.47. The number of carbonyl (C=O) groups is 2. The summed E-state index contributed by atoms with van der Waals surface area (Å²) in [6.07, 6.45) is 2.61. The summed E-state index contributed by atoms with van der Waals surface area (Å²) >= 11 is 3.48. The number of aromatic carboxylic acids is 1. The van der Waals surface area contributed by atoms with Gasteiger partial charge in [-0.05, 0) is 36.5 Å². The third-order valence-corrected chi connectivity index (χ3v) is 5.66. The molecule has 1 aliphatic rings. The van der Waals surface area contributed by atoms with Gasteiger partial charge in [0.05, 0.1) is 5.56 Å². The van der Waals surface area contributed by atoms with E-state index in [1.165, 1.54) is 12.1 Å². The Balaban J connectivity index is 2.23. The van der Waals surface area contributed by atoms with Crippen molar-refractivity contribution in [2.75, 3.05) is 4.41 Å². The van der Waals surface area contributed by atoms with Gasteiger partial charge in [-0.2, -0.15) is 8.42 Å². The lowest BCUT2D eigenvalue weighted by Gasteiger charge is -2.20. The van der Waals surface area contributed by atoms with Gasteiger partial charge in [0, 0.05) is 0 Å². The zero-order valence-corrected chi connectivity index (χ0v) is 14.2. The SMILES string of the molecule is O=C(O)c1ccc(C2CC2)cc1S(=O)(=O)N(C(=O)S)n1nc[nH]c1=O. The van der Waals surface area contributed by atoms with Crippen LogP contribution in [0.1, 0.15) is 34.7 Å². The van der Waals surface area contributed by atoms with Gasteiger partial charge in [-0.3, -0.25) is 9.78 Å². The number of hydrogen-bond acceptors (Lipinski definition) is 6. The second-order valence-electron chi connectivity index (χ2n) is 5.35. The highest BCUT2D eigenvalue weighted by atomic mass is 32.2. The topological polar surface area (TPSA) is 142 Å². The molecule has 0 aliphatic heterocycles. The molecule has 10 nitrogen and oxygen atoms in total. The summed E-state index contributed by atoms with van der Waals surface area (Å²) in [5.41, 5.74) is -0.877. The van der Waals surface area contributed by atoms with Crippen LogP contribution in [0, 0.1) is 0 Å². The van der Waals surface area contributed by atoms with Crippen LogP contribution in [0.5, 0.6) is 0 Å². The number of carboxylic acid groups (broad SMARTS) is 1. The number of sulfonamides is 1. The Morgan fingerprint density at radius 2 is 2.04 bits per heavy atom. The van der Waals surface area contributed by atoms with Crippen molar-refractivity contribution in [2.24, 2.45) is 0 Å². The Kier molecular flexibility index (Phi) is 4.16. The lowest BCUT2D eigenvalue weighted by Crippen LogP contribution is -2.48. The summed E-state index contributed by atoms with van der Waals surface area (Å²) in [5, 5.41) is 11.4. The maximum atomic E-state index is 12.9. The molecule has 2 aromatic rings. The number of aromatic nitrogens is 3. The van der Waals surface area contributed by atoms with Crippen LogP contribution in [0.25, 0.3) is 0 Å². The molecule has 132 valence electrons. The lowest BCUT2D eigenvalue weighted by molar-refractivity contribution is 0.0692. The molecule has 1 fully saturated rings. The number of amides is 1. The van der Waals surface area contributed by atoms with E-state index in [4.69, 9.17) is 0 Å². The van der Waals surface area contributed by atoms with Crippen LogP contribution >= 0.6 is 12.6 Å². The maximum Gasteiger partial charge on any atom is 0.364 e. The number of nitrogens with zero attached hydrogens (tertiary/aromatic N) is 3. The molecule has 0 radical (unpaired) electrons. The van der Waals surface area contributed by atoms with Gasteiger partial charge in [0.1, 0.15) is 11.2 Å². The molecule has 1 aromatic heterocycles. The highest BCUT2D eigenvalue weighted by Gasteiger charge is 2.36. The average Bonchev–Trinajstić information content (AvgIpc) is 3.30. The standard InChI is InChI=1S/C13H12N4O6S2/c18-11(19)9-4-3-8(7-1-2-7)5-10(9)25(22,23)17(13(21)24)16-12(20)14-6-15-16/h3-7H,1-2H2,(H,18,19)(H,21,24)(H,14,15,20). The maximum absolute atomic E-state index is 12.9. The Hall–Kier alpha value is -2.60. The minimum atomic E-state index is -4.74. The third-order valence-electron chi connectivity index (χ3n) is 3.66. The Bertz CT molecular complexity index is 1020. The number of carbonyl (C=O) groups excluding carboxylic acids is 1. The molecule has 0 saturated heterocycles. The molecule has 0 atom stereocenters. The number of carboxylic acids is 1. The van der Waals surface area contributed by atoms with Crippen molar-refractivity contribution < 1.29 is 23.1 Å². The lowest BCUT2D eigenvalue weighted by atomic mass is 10.1. The minimum absolute atomic E-state index is 0.00734. The van der Waals surface area contributed by atoms with E-state index in [9.17, 15) is 27.9 Å². The number of hydrogen-bond donors (Lipinski definition) is 3. The van der Waals surface area contributed by atoms with Crippen molar-refractivity contribution >= 4 is 33.9 Å². The second kappa shape index (κ2) is 6.04. The van der Waals surface area contributed by atoms with E-state index >= 15 is 0 Å². The van der Waals surface area contributed by atoms with Gasteiger partial charge in [0.25, 0.3) is 10.0 Å². The molecule has 0 unspecified atom stereocenters. The van der Waals surface area contributed by atoms with E-state index < -0.39 is 37.4 Å². The molecule has 25 heavy (non-hydrogen) atoms. The fraction of sp³-hybridized carbons (Fsp3) is 0.231. The van der Waals surface area contributed by atoms with Crippen LogP contribution in [0.2, 0.25) is 0 Å². The Labute approximate surface area is 146 Å². The molecular weight excluding hydrogens is 372 g/mol. The molecule has 0 bridgehead atoms. The van der Waals surface area contributed by atoms with Crippen molar-refractivity contribution in [1.82, 2.24) is 14.9 Å². The van der Waals surface area contributed by atoms with Crippen LogP contribution in [-0.4, -0.2) is 39.6 Å². The monoisotopic (exact) mass is 384 g/mol. The average molecular weight is 384 g/mol. The highest BCUT2D eigenvalue weighted by Crippen LogP contribution is 2.41. The van der Waals surface area contributed by atoms with Gasteiger partial charge >= 0.3 is 16.9 Å². The van der Waals surface area contributed by atoms with Crippen molar-refractivity contribution in [1.29, 1.82) is 0 Å². The van der Waals surface area contributed by atoms with Gasteiger partial charge in [-0.15, -0.1) is 9.51 Å². The van der Waals surface area contributed by atoms with Crippen molar-refractivity contribution in [2.45, 2.75) is 23.7 Å². The first kappa shape index (κ1) is 17.2. The molecule has 1 aromatic carbocycles. The number of nitrogens with one attached hydrogen (secondary N) is 1. The van der Waals surface area contributed by atoms with E-state index in [1.807, 2.05) is 0 Å². The van der Waals surface area contributed by atoms with Crippen LogP contribution in [0.3, 0.4) is 0 Å². The molecule has 1 aliphatic carbocycles. The predicted molar refractivity (Wildman–Crippen MR) is 88.0 cm³/mol. The number of aromatic amines is 1. The number of thiol groups is 1. The fourth-order valence-electron chi connectivity index (χ4n) is 2.36. The summed E-state index contributed by atoms with van der Waals surface area (Å²) in [5.74, 6) is -1.34. The first-order valence-electron chi connectivity index (χ1n) is 7.02. The van der Waals surface area contributed by atoms with Gasteiger partial charge in [-0.1, -0.05) is 23.5 Å². The van der Waals surface area contributed by atoms with E-state index in [-0.39, 0.29) is 15.1 Å². The molecular formula is C13H12N4O6S2. The first-order valence-corrected chi connectivity index (χ1v) is 8.90. The third kappa shape index (κ3) is 3.05. The van der Waals surface area contributed by atoms with E-state index in [0.717, 1.165) is 25.2 Å². The summed E-state index contributed by atoms with van der Waals surface area (Å²) in [6.45, 7) is 0. The Morgan fingerprint density at radius 1 is 1.36 bits per heavy atom. The number of rotatable bonds is 5.